The van der Waals surface area contributed by atoms with E-state index in [-0.39, 0.29) is 5.82 Å². The van der Waals surface area contributed by atoms with Gasteiger partial charge in [0.25, 0.3) is 0 Å². The molecular weight excluding hydrogens is 237 g/mol. The second-order valence-electron chi connectivity index (χ2n) is 4.83. The molecular formula is C17H20FN. The molecule has 0 heterocycles. The molecule has 0 aliphatic rings. The van der Waals surface area contributed by atoms with Crippen molar-refractivity contribution in [3.63, 3.8) is 0 Å². The molecule has 2 aromatic rings. The molecule has 0 fully saturated rings. The van der Waals surface area contributed by atoms with Gasteiger partial charge in [-0.05, 0) is 55.5 Å². The van der Waals surface area contributed by atoms with Gasteiger partial charge in [-0.15, -0.1) is 0 Å². The van der Waals surface area contributed by atoms with E-state index in [2.05, 4.69) is 29.6 Å². The highest BCUT2D eigenvalue weighted by molar-refractivity contribution is 5.45. The molecule has 0 spiro atoms. The molecule has 0 atom stereocenters. The molecule has 0 aliphatic heterocycles. The van der Waals surface area contributed by atoms with Crippen molar-refractivity contribution in [3.8, 4) is 0 Å². The number of halogens is 1. The lowest BCUT2D eigenvalue weighted by atomic mass is 10.1. The van der Waals surface area contributed by atoms with Crippen LogP contribution in [0.1, 0.15) is 24.0 Å². The Balaban J connectivity index is 1.68. The van der Waals surface area contributed by atoms with Crippen LogP contribution in [-0.2, 0) is 6.42 Å². The number of unbranched alkanes of at least 4 members (excludes halogenated alkanes) is 1. The fourth-order valence-electron chi connectivity index (χ4n) is 2.09. The second-order valence-corrected chi connectivity index (χ2v) is 4.83. The summed E-state index contributed by atoms with van der Waals surface area (Å²) in [6.07, 6.45) is 3.40. The minimum absolute atomic E-state index is 0.144. The van der Waals surface area contributed by atoms with Gasteiger partial charge in [0.15, 0.2) is 0 Å². The summed E-state index contributed by atoms with van der Waals surface area (Å²) < 4.78 is 13.1. The monoisotopic (exact) mass is 257 g/mol. The molecule has 0 saturated carbocycles. The molecule has 0 aromatic heterocycles. The van der Waals surface area contributed by atoms with Crippen LogP contribution in [0.2, 0.25) is 0 Å². The van der Waals surface area contributed by atoms with E-state index < -0.39 is 0 Å². The van der Waals surface area contributed by atoms with Crippen LogP contribution >= 0.6 is 0 Å². The minimum atomic E-state index is -0.144. The molecule has 100 valence electrons. The van der Waals surface area contributed by atoms with E-state index in [1.54, 1.807) is 13.0 Å². The Labute approximate surface area is 114 Å². The predicted octanol–water partition coefficient (Wildman–Crippen LogP) is 4.57. The average Bonchev–Trinajstić information content (AvgIpc) is 2.43. The SMILES string of the molecule is Cc1cc(NCCCCc2ccccc2)ccc1F. The highest BCUT2D eigenvalue weighted by Crippen LogP contribution is 2.13. The summed E-state index contributed by atoms with van der Waals surface area (Å²) in [5, 5.41) is 3.33. The smallest absolute Gasteiger partial charge is 0.126 e. The van der Waals surface area contributed by atoms with Crippen molar-refractivity contribution in [2.45, 2.75) is 26.2 Å². The van der Waals surface area contributed by atoms with E-state index in [1.165, 1.54) is 11.6 Å². The molecule has 2 heteroatoms. The minimum Gasteiger partial charge on any atom is -0.385 e. The summed E-state index contributed by atoms with van der Waals surface area (Å²) in [7, 11) is 0. The van der Waals surface area contributed by atoms with Gasteiger partial charge in [-0.3, -0.25) is 0 Å². The zero-order valence-corrected chi connectivity index (χ0v) is 11.3. The third kappa shape index (κ3) is 4.40. The zero-order chi connectivity index (χ0) is 13.5. The van der Waals surface area contributed by atoms with Crippen LogP contribution in [0, 0.1) is 12.7 Å². The van der Waals surface area contributed by atoms with Crippen molar-refractivity contribution in [2.75, 3.05) is 11.9 Å². The quantitative estimate of drug-likeness (QED) is 0.747. The summed E-state index contributed by atoms with van der Waals surface area (Å²) in [4.78, 5) is 0. The largest absolute Gasteiger partial charge is 0.385 e. The van der Waals surface area contributed by atoms with Crippen LogP contribution in [0.4, 0.5) is 10.1 Å². The van der Waals surface area contributed by atoms with Gasteiger partial charge in [-0.1, -0.05) is 30.3 Å². The van der Waals surface area contributed by atoms with Crippen LogP contribution < -0.4 is 5.32 Å². The van der Waals surface area contributed by atoms with E-state index in [9.17, 15) is 4.39 Å². The molecule has 0 bridgehead atoms. The average molecular weight is 257 g/mol. The standard InChI is InChI=1S/C17H20FN/c1-14-13-16(10-11-17(14)18)19-12-6-5-9-15-7-3-2-4-8-15/h2-4,7-8,10-11,13,19H,5-6,9,12H2,1H3. The van der Waals surface area contributed by atoms with Gasteiger partial charge in [-0.2, -0.15) is 0 Å². The lowest BCUT2D eigenvalue weighted by molar-refractivity contribution is 0.618. The first-order valence-electron chi connectivity index (χ1n) is 6.79. The van der Waals surface area contributed by atoms with Crippen LogP contribution in [-0.4, -0.2) is 6.54 Å². The van der Waals surface area contributed by atoms with Gasteiger partial charge in [0.2, 0.25) is 0 Å². The van der Waals surface area contributed by atoms with E-state index >= 15 is 0 Å². The Morgan fingerprint density at radius 3 is 2.53 bits per heavy atom. The van der Waals surface area contributed by atoms with Crippen molar-refractivity contribution < 1.29 is 4.39 Å². The number of hydrogen-bond donors (Lipinski definition) is 1. The van der Waals surface area contributed by atoms with E-state index in [0.717, 1.165) is 31.5 Å². The third-order valence-electron chi connectivity index (χ3n) is 3.22. The van der Waals surface area contributed by atoms with Crippen LogP contribution in [0.5, 0.6) is 0 Å². The summed E-state index contributed by atoms with van der Waals surface area (Å²) in [6.45, 7) is 2.72. The van der Waals surface area contributed by atoms with Gasteiger partial charge < -0.3 is 5.32 Å². The van der Waals surface area contributed by atoms with Gasteiger partial charge in [0, 0.05) is 12.2 Å². The Bertz CT molecular complexity index is 508. The molecule has 0 saturated heterocycles. The second kappa shape index (κ2) is 6.93. The molecule has 0 radical (unpaired) electrons. The Hall–Kier alpha value is -1.83. The van der Waals surface area contributed by atoms with Crippen LogP contribution in [0.15, 0.2) is 48.5 Å². The first kappa shape index (κ1) is 13.6. The predicted molar refractivity (Wildman–Crippen MR) is 79.0 cm³/mol. The van der Waals surface area contributed by atoms with Crippen molar-refractivity contribution in [2.24, 2.45) is 0 Å². The lowest BCUT2D eigenvalue weighted by Gasteiger charge is -2.07. The van der Waals surface area contributed by atoms with E-state index in [0.29, 0.717) is 5.56 Å². The van der Waals surface area contributed by atoms with E-state index in [4.69, 9.17) is 0 Å². The zero-order valence-electron chi connectivity index (χ0n) is 11.3. The summed E-state index contributed by atoms with van der Waals surface area (Å²) >= 11 is 0. The third-order valence-corrected chi connectivity index (χ3v) is 3.22. The fraction of sp³-hybridized carbons (Fsp3) is 0.294. The molecule has 1 nitrogen and oxygen atoms in total. The number of hydrogen-bond acceptors (Lipinski definition) is 1. The molecule has 0 aliphatic carbocycles. The molecule has 0 unspecified atom stereocenters. The summed E-state index contributed by atoms with van der Waals surface area (Å²) in [5.74, 6) is -0.144. The topological polar surface area (TPSA) is 12.0 Å². The first-order chi connectivity index (χ1) is 9.25. The maximum Gasteiger partial charge on any atom is 0.126 e. The van der Waals surface area contributed by atoms with Crippen molar-refractivity contribution in [3.05, 3.63) is 65.5 Å². The summed E-state index contributed by atoms with van der Waals surface area (Å²) in [5.41, 5.74) is 3.08. The molecule has 2 aromatic carbocycles. The van der Waals surface area contributed by atoms with Gasteiger partial charge in [0.05, 0.1) is 0 Å². The maximum absolute atomic E-state index is 13.1. The van der Waals surface area contributed by atoms with Gasteiger partial charge in [-0.25, -0.2) is 4.39 Å². The maximum atomic E-state index is 13.1. The molecule has 2 rings (SSSR count). The van der Waals surface area contributed by atoms with Crippen LogP contribution in [0.3, 0.4) is 0 Å². The summed E-state index contributed by atoms with van der Waals surface area (Å²) in [6, 6.07) is 15.7. The molecule has 0 amide bonds. The Morgan fingerprint density at radius 1 is 1.00 bits per heavy atom. The fourth-order valence-corrected chi connectivity index (χ4v) is 2.09. The number of nitrogens with one attached hydrogen (secondary N) is 1. The molecule has 1 N–H and O–H groups in total. The number of aryl methyl sites for hydroxylation is 2. The van der Waals surface area contributed by atoms with E-state index in [1.807, 2.05) is 12.1 Å². The first-order valence-corrected chi connectivity index (χ1v) is 6.79. The highest BCUT2D eigenvalue weighted by atomic mass is 19.1. The van der Waals surface area contributed by atoms with Crippen molar-refractivity contribution in [1.29, 1.82) is 0 Å². The Morgan fingerprint density at radius 2 is 1.79 bits per heavy atom. The van der Waals surface area contributed by atoms with Gasteiger partial charge in [0.1, 0.15) is 5.82 Å². The van der Waals surface area contributed by atoms with Crippen LogP contribution in [0.25, 0.3) is 0 Å². The number of benzene rings is 2. The normalized spacial score (nSPS) is 10.4. The number of anilines is 1. The van der Waals surface area contributed by atoms with Crippen molar-refractivity contribution >= 4 is 5.69 Å². The number of rotatable bonds is 6. The molecule has 19 heavy (non-hydrogen) atoms. The highest BCUT2D eigenvalue weighted by Gasteiger charge is 1.98. The van der Waals surface area contributed by atoms with Gasteiger partial charge >= 0.3 is 0 Å². The lowest BCUT2D eigenvalue weighted by Crippen LogP contribution is -2.02. The Kier molecular flexibility index (Phi) is 4.96. The van der Waals surface area contributed by atoms with Crippen molar-refractivity contribution in [1.82, 2.24) is 0 Å².